The first kappa shape index (κ1) is 17.8. The summed E-state index contributed by atoms with van der Waals surface area (Å²) in [4.78, 5) is 24.0. The van der Waals surface area contributed by atoms with Gasteiger partial charge < -0.3 is 19.5 Å². The molecule has 0 saturated heterocycles. The highest BCUT2D eigenvalue weighted by molar-refractivity contribution is 5.76. The third kappa shape index (κ3) is 5.63. The summed E-state index contributed by atoms with van der Waals surface area (Å²) in [7, 11) is 4.84. The number of carbonyl (C=O) groups excluding carboxylic acids is 1. The van der Waals surface area contributed by atoms with E-state index < -0.39 is 5.97 Å². The van der Waals surface area contributed by atoms with Crippen molar-refractivity contribution >= 4 is 11.9 Å². The lowest BCUT2D eigenvalue weighted by Gasteiger charge is -2.16. The van der Waals surface area contributed by atoms with E-state index in [0.29, 0.717) is 37.3 Å². The van der Waals surface area contributed by atoms with Crippen molar-refractivity contribution < 1.29 is 24.2 Å². The van der Waals surface area contributed by atoms with Crippen molar-refractivity contribution in [1.29, 1.82) is 0 Å². The van der Waals surface area contributed by atoms with Gasteiger partial charge in [-0.05, 0) is 30.5 Å². The second-order valence-corrected chi connectivity index (χ2v) is 5.00. The van der Waals surface area contributed by atoms with Gasteiger partial charge in [0.2, 0.25) is 5.91 Å². The Morgan fingerprint density at radius 1 is 1.14 bits per heavy atom. The molecule has 0 aliphatic rings. The average Bonchev–Trinajstić information content (AvgIpc) is 2.51. The van der Waals surface area contributed by atoms with Gasteiger partial charge in [-0.3, -0.25) is 9.59 Å². The van der Waals surface area contributed by atoms with Crippen LogP contribution >= 0.6 is 0 Å². The molecule has 6 heteroatoms. The van der Waals surface area contributed by atoms with Gasteiger partial charge in [0.05, 0.1) is 14.2 Å². The van der Waals surface area contributed by atoms with E-state index in [1.54, 1.807) is 26.2 Å². The molecule has 0 radical (unpaired) electrons. The minimum absolute atomic E-state index is 0.000161. The molecule has 6 nitrogen and oxygen atoms in total. The fourth-order valence-electron chi connectivity index (χ4n) is 2.07. The summed E-state index contributed by atoms with van der Waals surface area (Å²) in [5, 5.41) is 8.58. The van der Waals surface area contributed by atoms with E-state index in [0.717, 1.165) is 5.56 Å². The molecule has 0 aromatic heterocycles. The molecular formula is C16H23NO5. The fourth-order valence-corrected chi connectivity index (χ4v) is 2.07. The predicted molar refractivity (Wildman–Crippen MR) is 82.4 cm³/mol. The number of benzene rings is 1. The van der Waals surface area contributed by atoms with Crippen LogP contribution in [0.15, 0.2) is 18.2 Å². The molecule has 0 heterocycles. The quantitative estimate of drug-likeness (QED) is 0.754. The highest BCUT2D eigenvalue weighted by Gasteiger charge is 2.11. The maximum Gasteiger partial charge on any atom is 0.303 e. The van der Waals surface area contributed by atoms with Crippen LogP contribution in [0, 0.1) is 0 Å². The Kier molecular flexibility index (Phi) is 7.22. The first-order chi connectivity index (χ1) is 10.5. The van der Waals surface area contributed by atoms with Crippen LogP contribution < -0.4 is 9.47 Å². The molecule has 1 amide bonds. The van der Waals surface area contributed by atoms with Crippen LogP contribution in [0.3, 0.4) is 0 Å². The van der Waals surface area contributed by atoms with Gasteiger partial charge in [0.15, 0.2) is 11.5 Å². The Bertz CT molecular complexity index is 515. The number of carboxylic acids is 1. The van der Waals surface area contributed by atoms with Gasteiger partial charge in [-0.15, -0.1) is 0 Å². The van der Waals surface area contributed by atoms with Crippen LogP contribution in [0.4, 0.5) is 0 Å². The van der Waals surface area contributed by atoms with Gasteiger partial charge in [-0.2, -0.15) is 0 Å². The SMILES string of the molecule is COc1ccc(CCC(=O)N(C)CCCC(=O)O)cc1OC. The van der Waals surface area contributed by atoms with Crippen LogP contribution in [0.1, 0.15) is 24.8 Å². The number of rotatable bonds is 9. The van der Waals surface area contributed by atoms with Crippen molar-refractivity contribution in [3.05, 3.63) is 23.8 Å². The third-order valence-electron chi connectivity index (χ3n) is 3.39. The second kappa shape index (κ2) is 8.92. The number of carboxylic acid groups (broad SMARTS) is 1. The molecule has 0 aliphatic heterocycles. The summed E-state index contributed by atoms with van der Waals surface area (Å²) < 4.78 is 10.4. The molecule has 0 atom stereocenters. The Hall–Kier alpha value is -2.24. The number of methoxy groups -OCH3 is 2. The van der Waals surface area contributed by atoms with Crippen molar-refractivity contribution in [2.24, 2.45) is 0 Å². The van der Waals surface area contributed by atoms with Gasteiger partial charge >= 0.3 is 5.97 Å². The fraction of sp³-hybridized carbons (Fsp3) is 0.500. The summed E-state index contributed by atoms with van der Waals surface area (Å²) in [5.41, 5.74) is 0.991. The van der Waals surface area contributed by atoms with Gasteiger partial charge in [-0.1, -0.05) is 6.07 Å². The number of nitrogens with zero attached hydrogens (tertiary/aromatic N) is 1. The molecule has 122 valence electrons. The Morgan fingerprint density at radius 2 is 1.82 bits per heavy atom. The monoisotopic (exact) mass is 309 g/mol. The standard InChI is InChI=1S/C16H23NO5/c1-17(10-4-5-16(19)20)15(18)9-7-12-6-8-13(21-2)14(11-12)22-3/h6,8,11H,4-5,7,9-10H2,1-3H3,(H,19,20). The van der Waals surface area contributed by atoms with Crippen LogP contribution in [-0.4, -0.2) is 49.7 Å². The van der Waals surface area contributed by atoms with Gasteiger partial charge in [0.1, 0.15) is 0 Å². The van der Waals surface area contributed by atoms with E-state index in [2.05, 4.69) is 0 Å². The maximum absolute atomic E-state index is 12.0. The number of hydrogen-bond donors (Lipinski definition) is 1. The summed E-state index contributed by atoms with van der Waals surface area (Å²) in [6, 6.07) is 5.57. The molecule has 0 aliphatic carbocycles. The highest BCUT2D eigenvalue weighted by Crippen LogP contribution is 2.27. The molecule has 22 heavy (non-hydrogen) atoms. The molecule has 1 aromatic carbocycles. The lowest BCUT2D eigenvalue weighted by molar-refractivity contribution is -0.138. The molecule has 1 N–H and O–H groups in total. The molecule has 0 unspecified atom stereocenters. The minimum Gasteiger partial charge on any atom is -0.493 e. The van der Waals surface area contributed by atoms with Crippen molar-refractivity contribution in [1.82, 2.24) is 4.90 Å². The van der Waals surface area contributed by atoms with Crippen molar-refractivity contribution in [3.63, 3.8) is 0 Å². The molecule has 1 aromatic rings. The molecule has 1 rings (SSSR count). The van der Waals surface area contributed by atoms with E-state index >= 15 is 0 Å². The van der Waals surface area contributed by atoms with Crippen LogP contribution in [0.25, 0.3) is 0 Å². The molecule has 0 spiro atoms. The third-order valence-corrected chi connectivity index (χ3v) is 3.39. The predicted octanol–water partition coefficient (Wildman–Crippen LogP) is 1.96. The van der Waals surface area contributed by atoms with E-state index in [4.69, 9.17) is 14.6 Å². The summed E-state index contributed by atoms with van der Waals surface area (Å²) in [6.45, 7) is 0.455. The van der Waals surface area contributed by atoms with E-state index in [1.165, 1.54) is 0 Å². The summed E-state index contributed by atoms with van der Waals surface area (Å²) in [5.74, 6) is 0.456. The first-order valence-electron chi connectivity index (χ1n) is 7.14. The molecular weight excluding hydrogens is 286 g/mol. The number of amides is 1. The van der Waals surface area contributed by atoms with Crippen LogP contribution in [-0.2, 0) is 16.0 Å². The second-order valence-electron chi connectivity index (χ2n) is 5.00. The number of aryl methyl sites for hydroxylation is 1. The molecule has 0 fully saturated rings. The smallest absolute Gasteiger partial charge is 0.303 e. The average molecular weight is 309 g/mol. The molecule has 0 bridgehead atoms. The summed E-state index contributed by atoms with van der Waals surface area (Å²) in [6.07, 6.45) is 1.52. The van der Waals surface area contributed by atoms with Crippen molar-refractivity contribution in [2.75, 3.05) is 27.8 Å². The van der Waals surface area contributed by atoms with E-state index in [-0.39, 0.29) is 12.3 Å². The number of aliphatic carboxylic acids is 1. The van der Waals surface area contributed by atoms with E-state index in [9.17, 15) is 9.59 Å². The largest absolute Gasteiger partial charge is 0.493 e. The summed E-state index contributed by atoms with van der Waals surface area (Å²) >= 11 is 0. The number of carbonyl (C=O) groups is 2. The van der Waals surface area contributed by atoms with Crippen molar-refractivity contribution in [3.8, 4) is 11.5 Å². The zero-order valence-electron chi connectivity index (χ0n) is 13.3. The minimum atomic E-state index is -0.842. The number of ether oxygens (including phenoxy) is 2. The Balaban J connectivity index is 2.48. The topological polar surface area (TPSA) is 76.1 Å². The number of hydrogen-bond acceptors (Lipinski definition) is 4. The van der Waals surface area contributed by atoms with Crippen LogP contribution in [0.2, 0.25) is 0 Å². The lowest BCUT2D eigenvalue weighted by atomic mass is 10.1. The van der Waals surface area contributed by atoms with E-state index in [1.807, 2.05) is 18.2 Å². The Labute approximate surface area is 130 Å². The maximum atomic E-state index is 12.0. The normalized spacial score (nSPS) is 10.1. The first-order valence-corrected chi connectivity index (χ1v) is 7.14. The zero-order chi connectivity index (χ0) is 16.5. The van der Waals surface area contributed by atoms with Gasteiger partial charge in [0, 0.05) is 26.4 Å². The highest BCUT2D eigenvalue weighted by atomic mass is 16.5. The van der Waals surface area contributed by atoms with Crippen LogP contribution in [0.5, 0.6) is 11.5 Å². The lowest BCUT2D eigenvalue weighted by Crippen LogP contribution is -2.28. The molecule has 0 saturated carbocycles. The van der Waals surface area contributed by atoms with Gasteiger partial charge in [-0.25, -0.2) is 0 Å². The Morgan fingerprint density at radius 3 is 2.41 bits per heavy atom. The van der Waals surface area contributed by atoms with Gasteiger partial charge in [0.25, 0.3) is 0 Å². The van der Waals surface area contributed by atoms with Crippen molar-refractivity contribution in [2.45, 2.75) is 25.7 Å². The zero-order valence-corrected chi connectivity index (χ0v) is 13.3.